The highest BCUT2D eigenvalue weighted by molar-refractivity contribution is 5.63. The SMILES string of the molecule is Cc1ccc(Nc2cc(N3CCCC(C)C3)ncn2)c(C)c1. The number of nitrogens with one attached hydrogen (secondary N) is 1. The van der Waals surface area contributed by atoms with Crippen molar-refractivity contribution >= 4 is 17.3 Å². The summed E-state index contributed by atoms with van der Waals surface area (Å²) in [6.45, 7) is 8.70. The molecule has 1 aromatic carbocycles. The van der Waals surface area contributed by atoms with Crippen LogP contribution < -0.4 is 10.2 Å². The molecule has 0 saturated carbocycles. The smallest absolute Gasteiger partial charge is 0.135 e. The second-order valence-electron chi connectivity index (χ2n) is 6.40. The minimum Gasteiger partial charge on any atom is -0.356 e. The topological polar surface area (TPSA) is 41.0 Å². The van der Waals surface area contributed by atoms with Crippen LogP contribution in [0.4, 0.5) is 17.3 Å². The van der Waals surface area contributed by atoms with Crippen LogP contribution >= 0.6 is 0 Å². The van der Waals surface area contributed by atoms with Gasteiger partial charge >= 0.3 is 0 Å². The average molecular weight is 296 g/mol. The first-order valence-electron chi connectivity index (χ1n) is 8.03. The van der Waals surface area contributed by atoms with Gasteiger partial charge in [0.1, 0.15) is 18.0 Å². The van der Waals surface area contributed by atoms with E-state index in [1.165, 1.54) is 24.0 Å². The fraction of sp³-hybridized carbons (Fsp3) is 0.444. The molecule has 0 aliphatic carbocycles. The highest BCUT2D eigenvalue weighted by atomic mass is 15.2. The van der Waals surface area contributed by atoms with Crippen LogP contribution in [0.3, 0.4) is 0 Å². The summed E-state index contributed by atoms with van der Waals surface area (Å²) in [7, 11) is 0. The monoisotopic (exact) mass is 296 g/mol. The van der Waals surface area contributed by atoms with E-state index in [2.05, 4.69) is 65.2 Å². The maximum atomic E-state index is 4.45. The second-order valence-corrected chi connectivity index (χ2v) is 6.40. The van der Waals surface area contributed by atoms with Crippen LogP contribution in [0.5, 0.6) is 0 Å². The standard InChI is InChI=1S/C18H24N4/c1-13-6-7-16(15(3)9-13)21-17-10-18(20-12-19-17)22-8-4-5-14(2)11-22/h6-7,9-10,12,14H,4-5,8,11H2,1-3H3,(H,19,20,21). The van der Waals surface area contributed by atoms with E-state index in [0.717, 1.165) is 36.3 Å². The molecule has 1 N–H and O–H groups in total. The lowest BCUT2D eigenvalue weighted by atomic mass is 10.0. The molecule has 1 saturated heterocycles. The molecule has 1 aliphatic heterocycles. The lowest BCUT2D eigenvalue weighted by Crippen LogP contribution is -2.34. The van der Waals surface area contributed by atoms with Gasteiger partial charge in [-0.1, -0.05) is 24.6 Å². The fourth-order valence-electron chi connectivity index (χ4n) is 3.08. The number of piperidine rings is 1. The van der Waals surface area contributed by atoms with Crippen LogP contribution in [-0.4, -0.2) is 23.1 Å². The van der Waals surface area contributed by atoms with E-state index >= 15 is 0 Å². The molecular weight excluding hydrogens is 272 g/mol. The summed E-state index contributed by atoms with van der Waals surface area (Å²) in [6.07, 6.45) is 4.21. The second kappa shape index (κ2) is 6.34. The Balaban J connectivity index is 1.79. The van der Waals surface area contributed by atoms with Crippen molar-refractivity contribution in [2.24, 2.45) is 5.92 Å². The summed E-state index contributed by atoms with van der Waals surface area (Å²) < 4.78 is 0. The van der Waals surface area contributed by atoms with Crippen LogP contribution in [0.25, 0.3) is 0 Å². The lowest BCUT2D eigenvalue weighted by Gasteiger charge is -2.31. The van der Waals surface area contributed by atoms with E-state index in [9.17, 15) is 0 Å². The van der Waals surface area contributed by atoms with Gasteiger partial charge in [-0.3, -0.25) is 0 Å². The number of hydrogen-bond acceptors (Lipinski definition) is 4. The van der Waals surface area contributed by atoms with Crippen LogP contribution in [0.1, 0.15) is 30.9 Å². The molecule has 0 amide bonds. The average Bonchev–Trinajstić information content (AvgIpc) is 2.50. The third-order valence-corrected chi connectivity index (χ3v) is 4.28. The van der Waals surface area contributed by atoms with E-state index in [-0.39, 0.29) is 0 Å². The highest BCUT2D eigenvalue weighted by Gasteiger charge is 2.18. The molecule has 116 valence electrons. The zero-order valence-electron chi connectivity index (χ0n) is 13.6. The molecule has 22 heavy (non-hydrogen) atoms. The maximum Gasteiger partial charge on any atom is 0.135 e. The molecule has 1 unspecified atom stereocenters. The predicted molar refractivity (Wildman–Crippen MR) is 91.8 cm³/mol. The number of rotatable bonds is 3. The molecule has 1 atom stereocenters. The van der Waals surface area contributed by atoms with Crippen molar-refractivity contribution in [3.8, 4) is 0 Å². The number of benzene rings is 1. The third-order valence-electron chi connectivity index (χ3n) is 4.28. The minimum absolute atomic E-state index is 0.736. The Hall–Kier alpha value is -2.10. The van der Waals surface area contributed by atoms with Gasteiger partial charge in [-0.05, 0) is 44.2 Å². The summed E-state index contributed by atoms with van der Waals surface area (Å²) in [6, 6.07) is 8.45. The lowest BCUT2D eigenvalue weighted by molar-refractivity contribution is 0.444. The number of aryl methyl sites for hydroxylation is 2. The van der Waals surface area contributed by atoms with E-state index in [1.54, 1.807) is 6.33 Å². The molecule has 0 bridgehead atoms. The van der Waals surface area contributed by atoms with Gasteiger partial charge in [0, 0.05) is 24.8 Å². The molecule has 1 fully saturated rings. The number of nitrogens with zero attached hydrogens (tertiary/aromatic N) is 3. The van der Waals surface area contributed by atoms with Crippen molar-refractivity contribution in [3.05, 3.63) is 41.7 Å². The van der Waals surface area contributed by atoms with Crippen LogP contribution in [-0.2, 0) is 0 Å². The number of hydrogen-bond donors (Lipinski definition) is 1. The zero-order chi connectivity index (χ0) is 15.5. The molecule has 2 heterocycles. The largest absolute Gasteiger partial charge is 0.356 e. The number of anilines is 3. The summed E-state index contributed by atoms with van der Waals surface area (Å²) in [5.41, 5.74) is 3.60. The van der Waals surface area contributed by atoms with Gasteiger partial charge in [-0.15, -0.1) is 0 Å². The normalized spacial score (nSPS) is 18.3. The Bertz CT molecular complexity index is 653. The van der Waals surface area contributed by atoms with Gasteiger partial charge in [0.2, 0.25) is 0 Å². The first kappa shape index (κ1) is 14.8. The first-order chi connectivity index (χ1) is 10.6. The molecular formula is C18H24N4. The molecule has 4 nitrogen and oxygen atoms in total. The Morgan fingerprint density at radius 2 is 2.05 bits per heavy atom. The third kappa shape index (κ3) is 3.38. The molecule has 2 aromatic rings. The van der Waals surface area contributed by atoms with E-state index < -0.39 is 0 Å². The van der Waals surface area contributed by atoms with Gasteiger partial charge in [0.25, 0.3) is 0 Å². The molecule has 1 aliphatic rings. The van der Waals surface area contributed by atoms with Crippen molar-refractivity contribution in [2.75, 3.05) is 23.3 Å². The molecule has 3 rings (SSSR count). The maximum absolute atomic E-state index is 4.45. The van der Waals surface area contributed by atoms with Gasteiger partial charge < -0.3 is 10.2 Å². The van der Waals surface area contributed by atoms with E-state index in [0.29, 0.717) is 0 Å². The fourth-order valence-corrected chi connectivity index (χ4v) is 3.08. The molecule has 0 radical (unpaired) electrons. The van der Waals surface area contributed by atoms with Crippen molar-refractivity contribution < 1.29 is 0 Å². The minimum atomic E-state index is 0.736. The Kier molecular flexibility index (Phi) is 4.27. The van der Waals surface area contributed by atoms with Gasteiger partial charge in [-0.25, -0.2) is 9.97 Å². The molecule has 1 aromatic heterocycles. The zero-order valence-corrected chi connectivity index (χ0v) is 13.6. The summed E-state index contributed by atoms with van der Waals surface area (Å²) in [5.74, 6) is 2.61. The van der Waals surface area contributed by atoms with Crippen LogP contribution in [0.2, 0.25) is 0 Å². The van der Waals surface area contributed by atoms with Crippen molar-refractivity contribution in [2.45, 2.75) is 33.6 Å². The van der Waals surface area contributed by atoms with Crippen molar-refractivity contribution in [1.82, 2.24) is 9.97 Å². The van der Waals surface area contributed by atoms with Crippen molar-refractivity contribution in [3.63, 3.8) is 0 Å². The van der Waals surface area contributed by atoms with Gasteiger partial charge in [0.05, 0.1) is 0 Å². The Morgan fingerprint density at radius 1 is 1.18 bits per heavy atom. The van der Waals surface area contributed by atoms with E-state index in [1.807, 2.05) is 0 Å². The molecule has 0 spiro atoms. The Labute approximate surface area is 132 Å². The number of aromatic nitrogens is 2. The highest BCUT2D eigenvalue weighted by Crippen LogP contribution is 2.25. The van der Waals surface area contributed by atoms with Crippen molar-refractivity contribution in [1.29, 1.82) is 0 Å². The van der Waals surface area contributed by atoms with Gasteiger partial charge in [-0.2, -0.15) is 0 Å². The summed E-state index contributed by atoms with van der Waals surface area (Å²) >= 11 is 0. The predicted octanol–water partition coefficient (Wildman–Crippen LogP) is 4.07. The first-order valence-corrected chi connectivity index (χ1v) is 8.03. The summed E-state index contributed by atoms with van der Waals surface area (Å²) in [4.78, 5) is 11.2. The van der Waals surface area contributed by atoms with E-state index in [4.69, 9.17) is 0 Å². The summed E-state index contributed by atoms with van der Waals surface area (Å²) in [5, 5.41) is 3.41. The Morgan fingerprint density at radius 3 is 2.82 bits per heavy atom. The molecule has 4 heteroatoms. The van der Waals surface area contributed by atoms with Crippen LogP contribution in [0, 0.1) is 19.8 Å². The van der Waals surface area contributed by atoms with Gasteiger partial charge in [0.15, 0.2) is 0 Å². The quantitative estimate of drug-likeness (QED) is 0.927. The van der Waals surface area contributed by atoms with Crippen LogP contribution in [0.15, 0.2) is 30.6 Å².